The van der Waals surface area contributed by atoms with Gasteiger partial charge in [-0.05, 0) is 32.4 Å². The van der Waals surface area contributed by atoms with Crippen LogP contribution in [0.15, 0.2) is 24.3 Å². The van der Waals surface area contributed by atoms with Crippen LogP contribution in [-0.2, 0) is 16.0 Å². The van der Waals surface area contributed by atoms with Crippen molar-refractivity contribution in [2.24, 2.45) is 0 Å². The molecule has 0 radical (unpaired) electrons. The molecule has 1 aliphatic rings. The number of hydrogen-bond donors (Lipinski definition) is 1. The summed E-state index contributed by atoms with van der Waals surface area (Å²) in [7, 11) is 0. The van der Waals surface area contributed by atoms with E-state index in [9.17, 15) is 9.59 Å². The largest absolute Gasteiger partial charge is 0.480 e. The fraction of sp³-hybridized carbons (Fsp3) is 0.467. The number of carboxylic acid groups (broad SMARTS) is 1. The second-order valence-corrected chi connectivity index (χ2v) is 5.91. The lowest BCUT2D eigenvalue weighted by Gasteiger charge is -2.35. The molecule has 0 saturated heterocycles. The monoisotopic (exact) mass is 277 g/mol. The quantitative estimate of drug-likeness (QED) is 0.913. The standard InChI is InChI=1S/C15H19NO4/c1-15(2,3)16(9-13(17)18)14(19)12-8-10-6-4-5-7-11(10)20-12/h4-7,12H,8-9H2,1-3H3,(H,17,18). The van der Waals surface area contributed by atoms with Crippen LogP contribution < -0.4 is 4.74 Å². The van der Waals surface area contributed by atoms with Crippen LogP contribution in [0, 0.1) is 0 Å². The minimum atomic E-state index is -1.02. The predicted molar refractivity (Wildman–Crippen MR) is 73.7 cm³/mol. The van der Waals surface area contributed by atoms with Crippen LogP contribution in [-0.4, -0.2) is 40.1 Å². The highest BCUT2D eigenvalue weighted by atomic mass is 16.5. The van der Waals surface area contributed by atoms with Crippen LogP contribution >= 0.6 is 0 Å². The van der Waals surface area contributed by atoms with Crippen molar-refractivity contribution >= 4 is 11.9 Å². The Kier molecular flexibility index (Phi) is 3.70. The number of carboxylic acids is 1. The minimum Gasteiger partial charge on any atom is -0.480 e. The van der Waals surface area contributed by atoms with Gasteiger partial charge in [-0.15, -0.1) is 0 Å². The van der Waals surface area contributed by atoms with Crippen molar-refractivity contribution in [1.29, 1.82) is 0 Å². The molecule has 1 N–H and O–H groups in total. The smallest absolute Gasteiger partial charge is 0.323 e. The lowest BCUT2D eigenvalue weighted by Crippen LogP contribution is -2.53. The van der Waals surface area contributed by atoms with Gasteiger partial charge in [0.2, 0.25) is 0 Å². The highest BCUT2D eigenvalue weighted by Crippen LogP contribution is 2.30. The second kappa shape index (κ2) is 5.15. The summed E-state index contributed by atoms with van der Waals surface area (Å²) < 4.78 is 5.64. The molecule has 108 valence electrons. The maximum atomic E-state index is 12.5. The molecule has 0 aromatic heterocycles. The van der Waals surface area contributed by atoms with E-state index in [1.165, 1.54) is 4.90 Å². The van der Waals surface area contributed by atoms with E-state index in [4.69, 9.17) is 9.84 Å². The SMILES string of the molecule is CC(C)(C)N(CC(=O)O)C(=O)C1Cc2ccccc2O1. The molecule has 1 aliphatic heterocycles. The van der Waals surface area contributed by atoms with Gasteiger partial charge in [0.05, 0.1) is 0 Å². The summed E-state index contributed by atoms with van der Waals surface area (Å²) in [5, 5.41) is 8.98. The van der Waals surface area contributed by atoms with Crippen LogP contribution in [0.5, 0.6) is 5.75 Å². The van der Waals surface area contributed by atoms with Crippen LogP contribution in [0.2, 0.25) is 0 Å². The number of nitrogens with zero attached hydrogens (tertiary/aromatic N) is 1. The fourth-order valence-corrected chi connectivity index (χ4v) is 2.27. The summed E-state index contributed by atoms with van der Waals surface area (Å²) in [6.45, 7) is 5.13. The van der Waals surface area contributed by atoms with Gasteiger partial charge in [0.1, 0.15) is 12.3 Å². The van der Waals surface area contributed by atoms with Gasteiger partial charge in [-0.3, -0.25) is 9.59 Å². The van der Waals surface area contributed by atoms with E-state index in [0.717, 1.165) is 5.56 Å². The maximum absolute atomic E-state index is 12.5. The summed E-state index contributed by atoms with van der Waals surface area (Å²) >= 11 is 0. The third-order valence-corrected chi connectivity index (χ3v) is 3.29. The van der Waals surface area contributed by atoms with E-state index in [1.807, 2.05) is 45.0 Å². The van der Waals surface area contributed by atoms with Crippen molar-refractivity contribution < 1.29 is 19.4 Å². The van der Waals surface area contributed by atoms with Gasteiger partial charge in [-0.25, -0.2) is 0 Å². The zero-order valence-electron chi connectivity index (χ0n) is 11.9. The van der Waals surface area contributed by atoms with Gasteiger partial charge in [-0.2, -0.15) is 0 Å². The van der Waals surface area contributed by atoms with Crippen molar-refractivity contribution in [2.45, 2.75) is 38.8 Å². The first-order chi connectivity index (χ1) is 9.29. The zero-order chi connectivity index (χ0) is 14.9. The summed E-state index contributed by atoms with van der Waals surface area (Å²) in [6, 6.07) is 7.49. The number of benzene rings is 1. The van der Waals surface area contributed by atoms with Gasteiger partial charge in [-0.1, -0.05) is 18.2 Å². The van der Waals surface area contributed by atoms with Gasteiger partial charge >= 0.3 is 5.97 Å². The summed E-state index contributed by atoms with van der Waals surface area (Å²) in [4.78, 5) is 24.8. The van der Waals surface area contributed by atoms with Crippen molar-refractivity contribution in [3.05, 3.63) is 29.8 Å². The van der Waals surface area contributed by atoms with Crippen LogP contribution in [0.4, 0.5) is 0 Å². The summed E-state index contributed by atoms with van der Waals surface area (Å²) in [5.74, 6) is -0.602. The molecule has 1 heterocycles. The van der Waals surface area contributed by atoms with Crippen molar-refractivity contribution in [3.63, 3.8) is 0 Å². The third kappa shape index (κ3) is 2.92. The van der Waals surface area contributed by atoms with Crippen LogP contribution in [0.3, 0.4) is 0 Å². The Bertz CT molecular complexity index is 508. The molecule has 1 aromatic rings. The lowest BCUT2D eigenvalue weighted by atomic mass is 10.0. The number of carbonyl (C=O) groups excluding carboxylic acids is 1. The fourth-order valence-electron chi connectivity index (χ4n) is 2.27. The lowest BCUT2D eigenvalue weighted by molar-refractivity contribution is -0.151. The normalized spacial score (nSPS) is 17.2. The van der Waals surface area contributed by atoms with E-state index in [2.05, 4.69) is 0 Å². The molecule has 0 spiro atoms. The van der Waals surface area contributed by atoms with Crippen molar-refractivity contribution in [1.82, 2.24) is 4.90 Å². The molecule has 0 saturated carbocycles. The van der Waals surface area contributed by atoms with Gasteiger partial charge in [0.25, 0.3) is 5.91 Å². The Morgan fingerprint density at radius 1 is 1.35 bits per heavy atom. The first kappa shape index (κ1) is 14.4. The van der Waals surface area contributed by atoms with E-state index in [-0.39, 0.29) is 12.5 Å². The molecule has 20 heavy (non-hydrogen) atoms. The number of fused-ring (bicyclic) bond motifs is 1. The van der Waals surface area contributed by atoms with Crippen molar-refractivity contribution in [2.75, 3.05) is 6.54 Å². The molecular weight excluding hydrogens is 258 g/mol. The molecule has 0 fully saturated rings. The first-order valence-electron chi connectivity index (χ1n) is 6.57. The van der Waals surface area contributed by atoms with Crippen LogP contribution in [0.1, 0.15) is 26.3 Å². The van der Waals surface area contributed by atoms with E-state index < -0.39 is 17.6 Å². The third-order valence-electron chi connectivity index (χ3n) is 3.29. The van der Waals surface area contributed by atoms with E-state index in [1.54, 1.807) is 0 Å². The second-order valence-electron chi connectivity index (χ2n) is 5.91. The average Bonchev–Trinajstić information content (AvgIpc) is 2.77. The highest BCUT2D eigenvalue weighted by molar-refractivity contribution is 5.86. The molecule has 5 heteroatoms. The van der Waals surface area contributed by atoms with Crippen molar-refractivity contribution in [3.8, 4) is 5.75 Å². The van der Waals surface area contributed by atoms with E-state index in [0.29, 0.717) is 12.2 Å². The average molecular weight is 277 g/mol. The first-order valence-corrected chi connectivity index (χ1v) is 6.57. The topological polar surface area (TPSA) is 66.8 Å². The van der Waals surface area contributed by atoms with Gasteiger partial charge < -0.3 is 14.7 Å². The number of ether oxygens (including phenoxy) is 1. The van der Waals surface area contributed by atoms with Gasteiger partial charge in [0, 0.05) is 12.0 Å². The number of hydrogen-bond acceptors (Lipinski definition) is 3. The number of para-hydroxylation sites is 1. The Morgan fingerprint density at radius 2 is 2.00 bits per heavy atom. The Hall–Kier alpha value is -2.04. The molecule has 1 aromatic carbocycles. The number of aliphatic carboxylic acids is 1. The summed E-state index contributed by atoms with van der Waals surface area (Å²) in [5.41, 5.74) is 0.420. The molecule has 1 amide bonds. The van der Waals surface area contributed by atoms with E-state index >= 15 is 0 Å². The minimum absolute atomic E-state index is 0.281. The molecule has 1 unspecified atom stereocenters. The Labute approximate surface area is 118 Å². The highest BCUT2D eigenvalue weighted by Gasteiger charge is 2.37. The molecule has 5 nitrogen and oxygen atoms in total. The molecule has 1 atom stereocenters. The summed E-state index contributed by atoms with van der Waals surface area (Å²) in [6.07, 6.45) is -0.146. The Morgan fingerprint density at radius 3 is 2.55 bits per heavy atom. The molecule has 0 aliphatic carbocycles. The molecule has 0 bridgehead atoms. The maximum Gasteiger partial charge on any atom is 0.323 e. The van der Waals surface area contributed by atoms with Gasteiger partial charge in [0.15, 0.2) is 6.10 Å². The Balaban J connectivity index is 2.16. The predicted octanol–water partition coefficient (Wildman–Crippen LogP) is 1.70. The number of rotatable bonds is 3. The number of amides is 1. The zero-order valence-corrected chi connectivity index (χ0v) is 11.9. The molecule has 2 rings (SSSR count). The number of carbonyl (C=O) groups is 2. The molecular formula is C15H19NO4. The van der Waals surface area contributed by atoms with Crippen LogP contribution in [0.25, 0.3) is 0 Å².